The molecular weight excluding hydrogens is 186 g/mol. The molecule has 0 spiro atoms. The lowest BCUT2D eigenvalue weighted by Crippen LogP contribution is -2.32. The molecule has 0 bridgehead atoms. The highest BCUT2D eigenvalue weighted by molar-refractivity contribution is 5.20. The van der Waals surface area contributed by atoms with Gasteiger partial charge in [0.25, 0.3) is 0 Å². The van der Waals surface area contributed by atoms with Gasteiger partial charge < -0.3 is 10.5 Å². The van der Waals surface area contributed by atoms with E-state index in [-0.39, 0.29) is 12.1 Å². The van der Waals surface area contributed by atoms with Crippen molar-refractivity contribution in [1.82, 2.24) is 0 Å². The van der Waals surface area contributed by atoms with Gasteiger partial charge in [-0.3, -0.25) is 0 Å². The molecule has 1 aromatic rings. The molecule has 0 aliphatic rings. The molecule has 2 heteroatoms. The first-order valence-corrected chi connectivity index (χ1v) is 5.53. The zero-order valence-corrected chi connectivity index (χ0v) is 9.81. The Hall–Kier alpha value is -0.860. The molecule has 0 aliphatic carbocycles. The summed E-state index contributed by atoms with van der Waals surface area (Å²) in [4.78, 5) is 0. The summed E-state index contributed by atoms with van der Waals surface area (Å²) in [5.41, 5.74) is 7.35. The van der Waals surface area contributed by atoms with Crippen molar-refractivity contribution in [3.05, 3.63) is 35.9 Å². The van der Waals surface area contributed by atoms with E-state index in [4.69, 9.17) is 10.5 Å². The Morgan fingerprint density at radius 3 is 2.27 bits per heavy atom. The minimum absolute atomic E-state index is 0.0646. The Labute approximate surface area is 92.4 Å². The lowest BCUT2D eigenvalue weighted by Gasteiger charge is -2.21. The molecule has 0 fully saturated rings. The summed E-state index contributed by atoms with van der Waals surface area (Å²) in [6, 6.07) is 10.4. The molecule has 2 nitrogen and oxygen atoms in total. The van der Waals surface area contributed by atoms with Gasteiger partial charge in [0.2, 0.25) is 0 Å². The quantitative estimate of drug-likeness (QED) is 0.805. The fourth-order valence-corrected chi connectivity index (χ4v) is 1.45. The highest BCUT2D eigenvalue weighted by Crippen LogP contribution is 2.17. The van der Waals surface area contributed by atoms with Crippen molar-refractivity contribution < 1.29 is 4.74 Å². The summed E-state index contributed by atoms with van der Waals surface area (Å²) in [6.45, 7) is 6.82. The molecule has 84 valence electrons. The predicted octanol–water partition coefficient (Wildman–Crippen LogP) is 2.54. The average molecular weight is 207 g/mol. The van der Waals surface area contributed by atoms with Crippen LogP contribution >= 0.6 is 0 Å². The Morgan fingerprint density at radius 1 is 1.13 bits per heavy atom. The van der Waals surface area contributed by atoms with Gasteiger partial charge >= 0.3 is 0 Å². The van der Waals surface area contributed by atoms with E-state index in [1.54, 1.807) is 0 Å². The lowest BCUT2D eigenvalue weighted by molar-refractivity contribution is 0.0645. The summed E-state index contributed by atoms with van der Waals surface area (Å²) in [7, 11) is 0. The highest BCUT2D eigenvalue weighted by Gasteiger charge is 2.14. The molecule has 2 atom stereocenters. The van der Waals surface area contributed by atoms with Gasteiger partial charge in [-0.1, -0.05) is 37.3 Å². The Balaban J connectivity index is 2.49. The molecule has 15 heavy (non-hydrogen) atoms. The number of benzene rings is 1. The lowest BCUT2D eigenvalue weighted by atomic mass is 9.94. The Kier molecular flexibility index (Phi) is 4.79. The molecule has 0 heterocycles. The zero-order chi connectivity index (χ0) is 11.3. The molecular formula is C13H21NO. The first-order valence-electron chi connectivity index (χ1n) is 5.53. The zero-order valence-electron chi connectivity index (χ0n) is 9.81. The van der Waals surface area contributed by atoms with E-state index in [1.165, 1.54) is 5.56 Å². The normalized spacial score (nSPS) is 15.3. The average Bonchev–Trinajstić information content (AvgIpc) is 2.26. The van der Waals surface area contributed by atoms with Crippen LogP contribution in [0.1, 0.15) is 32.3 Å². The van der Waals surface area contributed by atoms with Crippen LogP contribution in [0.2, 0.25) is 0 Å². The summed E-state index contributed by atoms with van der Waals surface area (Å²) < 4.78 is 5.52. The minimum atomic E-state index is 0.0646. The van der Waals surface area contributed by atoms with Crippen LogP contribution in [0.3, 0.4) is 0 Å². The fourth-order valence-electron chi connectivity index (χ4n) is 1.45. The van der Waals surface area contributed by atoms with Crippen molar-refractivity contribution in [3.8, 4) is 0 Å². The summed E-state index contributed by atoms with van der Waals surface area (Å²) >= 11 is 0. The summed E-state index contributed by atoms with van der Waals surface area (Å²) in [5, 5.41) is 0. The largest absolute Gasteiger partial charge is 0.377 e. The maximum absolute atomic E-state index is 6.07. The molecule has 2 unspecified atom stereocenters. The van der Waals surface area contributed by atoms with Crippen LogP contribution in [-0.4, -0.2) is 18.8 Å². The van der Waals surface area contributed by atoms with Crippen molar-refractivity contribution in [2.45, 2.75) is 38.8 Å². The van der Waals surface area contributed by atoms with Crippen LogP contribution in [0.5, 0.6) is 0 Å². The van der Waals surface area contributed by atoms with E-state index in [1.807, 2.05) is 32.0 Å². The second kappa shape index (κ2) is 5.89. The van der Waals surface area contributed by atoms with Crippen molar-refractivity contribution in [3.63, 3.8) is 0 Å². The van der Waals surface area contributed by atoms with Gasteiger partial charge in [-0.25, -0.2) is 0 Å². The molecule has 0 aromatic heterocycles. The van der Waals surface area contributed by atoms with Crippen LogP contribution in [0.25, 0.3) is 0 Å². The van der Waals surface area contributed by atoms with Gasteiger partial charge in [0, 0.05) is 6.04 Å². The van der Waals surface area contributed by atoms with Crippen molar-refractivity contribution in [2.24, 2.45) is 5.73 Å². The van der Waals surface area contributed by atoms with Gasteiger partial charge in [-0.15, -0.1) is 0 Å². The van der Waals surface area contributed by atoms with Crippen molar-refractivity contribution >= 4 is 0 Å². The topological polar surface area (TPSA) is 35.2 Å². The van der Waals surface area contributed by atoms with E-state index < -0.39 is 0 Å². The van der Waals surface area contributed by atoms with Crippen molar-refractivity contribution in [1.29, 1.82) is 0 Å². The van der Waals surface area contributed by atoms with Crippen molar-refractivity contribution in [2.75, 3.05) is 6.61 Å². The third-order valence-electron chi connectivity index (χ3n) is 2.59. The number of ether oxygens (including phenoxy) is 1. The molecule has 2 N–H and O–H groups in total. The maximum Gasteiger partial charge on any atom is 0.0626 e. The number of rotatable bonds is 5. The molecule has 0 saturated carbocycles. The SMILES string of the molecule is CC(C)OCC(N)C(C)c1ccccc1. The monoisotopic (exact) mass is 207 g/mol. The standard InChI is InChI=1S/C13H21NO/c1-10(2)15-9-13(14)11(3)12-7-5-4-6-8-12/h4-8,10-11,13H,9,14H2,1-3H3. The van der Waals surface area contributed by atoms with Crippen LogP contribution in [-0.2, 0) is 4.74 Å². The molecule has 0 aliphatic heterocycles. The van der Waals surface area contributed by atoms with Crippen LogP contribution in [0, 0.1) is 0 Å². The molecule has 0 amide bonds. The third-order valence-corrected chi connectivity index (χ3v) is 2.59. The van der Waals surface area contributed by atoms with Gasteiger partial charge in [0.05, 0.1) is 12.7 Å². The smallest absolute Gasteiger partial charge is 0.0626 e. The van der Waals surface area contributed by atoms with Crippen LogP contribution in [0.15, 0.2) is 30.3 Å². The third kappa shape index (κ3) is 4.02. The van der Waals surface area contributed by atoms with Crippen LogP contribution in [0.4, 0.5) is 0 Å². The van der Waals surface area contributed by atoms with Crippen LogP contribution < -0.4 is 5.73 Å². The van der Waals surface area contributed by atoms with Gasteiger partial charge in [-0.05, 0) is 25.3 Å². The summed E-state index contributed by atoms with van der Waals surface area (Å²) in [6.07, 6.45) is 0.249. The van der Waals surface area contributed by atoms with E-state index in [9.17, 15) is 0 Å². The second-order valence-electron chi connectivity index (χ2n) is 4.25. The molecule has 1 rings (SSSR count). The number of nitrogens with two attached hydrogens (primary N) is 1. The van der Waals surface area contributed by atoms with E-state index in [0.717, 1.165) is 0 Å². The minimum Gasteiger partial charge on any atom is -0.377 e. The Morgan fingerprint density at radius 2 is 1.73 bits per heavy atom. The molecule has 0 radical (unpaired) electrons. The van der Waals surface area contributed by atoms with E-state index in [2.05, 4.69) is 19.1 Å². The van der Waals surface area contributed by atoms with Gasteiger partial charge in [0.1, 0.15) is 0 Å². The Bertz CT molecular complexity index is 271. The number of hydrogen-bond donors (Lipinski definition) is 1. The first kappa shape index (κ1) is 12.2. The summed E-state index contributed by atoms with van der Waals surface area (Å²) in [5.74, 6) is 0.338. The van der Waals surface area contributed by atoms with E-state index >= 15 is 0 Å². The predicted molar refractivity (Wildman–Crippen MR) is 63.9 cm³/mol. The molecule has 1 aromatic carbocycles. The second-order valence-corrected chi connectivity index (χ2v) is 4.25. The maximum atomic E-state index is 6.07. The molecule has 0 saturated heterocycles. The first-order chi connectivity index (χ1) is 7.11. The van der Waals surface area contributed by atoms with Gasteiger partial charge in [-0.2, -0.15) is 0 Å². The number of hydrogen-bond acceptors (Lipinski definition) is 2. The fraction of sp³-hybridized carbons (Fsp3) is 0.538. The van der Waals surface area contributed by atoms with Gasteiger partial charge in [0.15, 0.2) is 0 Å². The van der Waals surface area contributed by atoms with E-state index in [0.29, 0.717) is 12.5 Å². The highest BCUT2D eigenvalue weighted by atomic mass is 16.5.